The summed E-state index contributed by atoms with van der Waals surface area (Å²) in [6.07, 6.45) is 0. The first-order valence-corrected chi connectivity index (χ1v) is 9.19. The van der Waals surface area contributed by atoms with E-state index >= 15 is 0 Å². The summed E-state index contributed by atoms with van der Waals surface area (Å²) < 4.78 is 0. The molecular weight excluding hydrogens is 366 g/mol. The second kappa shape index (κ2) is 8.35. The number of piperazine rings is 1. The summed E-state index contributed by atoms with van der Waals surface area (Å²) in [5.41, 5.74) is 1.16. The Morgan fingerprint density at radius 3 is 2.52 bits per heavy atom. The van der Waals surface area contributed by atoms with Gasteiger partial charge in [0.2, 0.25) is 5.91 Å². The van der Waals surface area contributed by atoms with Crippen molar-refractivity contribution in [2.24, 2.45) is 0 Å². The molecule has 0 bridgehead atoms. The lowest BCUT2D eigenvalue weighted by Crippen LogP contribution is -2.48. The molecule has 1 N–H and O–H groups in total. The van der Waals surface area contributed by atoms with Crippen molar-refractivity contribution in [3.05, 3.63) is 52.4 Å². The van der Waals surface area contributed by atoms with Gasteiger partial charge in [0, 0.05) is 50.7 Å². The average molecular weight is 388 g/mol. The Kier molecular flexibility index (Phi) is 5.91. The van der Waals surface area contributed by atoms with Crippen LogP contribution in [0.5, 0.6) is 0 Å². The van der Waals surface area contributed by atoms with Gasteiger partial charge in [0.15, 0.2) is 0 Å². The second-order valence-electron chi connectivity index (χ2n) is 6.43. The van der Waals surface area contributed by atoms with Crippen molar-refractivity contribution < 1.29 is 9.59 Å². The lowest BCUT2D eigenvalue weighted by molar-refractivity contribution is -0.129. The fourth-order valence-corrected chi connectivity index (χ4v) is 3.19. The number of nitrogens with one attached hydrogen (secondary N) is 1. The van der Waals surface area contributed by atoms with Crippen LogP contribution < -0.4 is 10.2 Å². The average Bonchev–Trinajstić information content (AvgIpc) is 2.66. The van der Waals surface area contributed by atoms with Crippen LogP contribution in [0.1, 0.15) is 28.8 Å². The zero-order valence-electron chi connectivity index (χ0n) is 15.4. The van der Waals surface area contributed by atoms with Gasteiger partial charge in [0.05, 0.1) is 0 Å². The van der Waals surface area contributed by atoms with E-state index in [2.05, 4.69) is 20.2 Å². The fourth-order valence-electron chi connectivity index (χ4n) is 2.99. The van der Waals surface area contributed by atoms with Crippen LogP contribution in [0.25, 0.3) is 0 Å². The van der Waals surface area contributed by atoms with Crippen LogP contribution in [0.2, 0.25) is 5.02 Å². The number of nitrogens with zero attached hydrogens (tertiary/aromatic N) is 4. The highest BCUT2D eigenvalue weighted by Gasteiger charge is 2.21. The third-order valence-electron chi connectivity index (χ3n) is 4.50. The number of hydrogen-bond acceptors (Lipinski definition) is 5. The largest absolute Gasteiger partial charge is 0.353 e. The summed E-state index contributed by atoms with van der Waals surface area (Å²) in [5.74, 6) is 1.04. The predicted octanol–water partition coefficient (Wildman–Crippen LogP) is 2.04. The first kappa shape index (κ1) is 19.1. The summed E-state index contributed by atoms with van der Waals surface area (Å²) in [6.45, 7) is 6.31. The van der Waals surface area contributed by atoms with E-state index < -0.39 is 0 Å². The zero-order chi connectivity index (χ0) is 19.4. The molecule has 0 unspecified atom stereocenters. The molecule has 1 saturated heterocycles. The molecule has 0 saturated carbocycles. The number of carbonyl (C=O) groups excluding carboxylic acids is 2. The molecule has 3 rings (SSSR count). The van der Waals surface area contributed by atoms with Crippen molar-refractivity contribution >= 4 is 29.2 Å². The van der Waals surface area contributed by atoms with Crippen LogP contribution in [0, 0.1) is 6.92 Å². The lowest BCUT2D eigenvalue weighted by atomic mass is 10.2. The van der Waals surface area contributed by atoms with E-state index in [-0.39, 0.29) is 11.8 Å². The molecule has 1 fully saturated rings. The molecule has 142 valence electrons. The Morgan fingerprint density at radius 1 is 1.15 bits per heavy atom. The summed E-state index contributed by atoms with van der Waals surface area (Å²) in [4.78, 5) is 36.6. The molecule has 0 atom stereocenters. The highest BCUT2D eigenvalue weighted by Crippen LogP contribution is 2.17. The third kappa shape index (κ3) is 4.74. The molecule has 0 radical (unpaired) electrons. The van der Waals surface area contributed by atoms with E-state index in [0.717, 1.165) is 5.56 Å². The van der Waals surface area contributed by atoms with Crippen molar-refractivity contribution in [1.29, 1.82) is 0 Å². The molecule has 27 heavy (non-hydrogen) atoms. The minimum Gasteiger partial charge on any atom is -0.353 e. The highest BCUT2D eigenvalue weighted by atomic mass is 35.5. The van der Waals surface area contributed by atoms with Gasteiger partial charge in [-0.2, -0.15) is 0 Å². The number of hydrogen-bond donors (Lipinski definition) is 1. The van der Waals surface area contributed by atoms with Crippen LogP contribution in [-0.2, 0) is 11.3 Å². The van der Waals surface area contributed by atoms with Gasteiger partial charge >= 0.3 is 0 Å². The number of aromatic nitrogens is 2. The highest BCUT2D eigenvalue weighted by molar-refractivity contribution is 6.31. The maximum Gasteiger partial charge on any atom is 0.270 e. The first-order valence-electron chi connectivity index (χ1n) is 8.82. The molecule has 2 amide bonds. The summed E-state index contributed by atoms with van der Waals surface area (Å²) in [7, 11) is 0. The van der Waals surface area contributed by atoms with Gasteiger partial charge in [-0.1, -0.05) is 29.8 Å². The van der Waals surface area contributed by atoms with E-state index in [1.54, 1.807) is 26.0 Å². The molecule has 1 aromatic heterocycles. The van der Waals surface area contributed by atoms with Gasteiger partial charge in [-0.3, -0.25) is 9.59 Å². The minimum atomic E-state index is -0.274. The molecular formula is C19H22ClN5O2. The Labute approximate surface area is 163 Å². The van der Waals surface area contributed by atoms with E-state index in [0.29, 0.717) is 55.1 Å². The summed E-state index contributed by atoms with van der Waals surface area (Å²) in [6, 6.07) is 9.07. The van der Waals surface area contributed by atoms with Gasteiger partial charge in [-0.05, 0) is 18.6 Å². The van der Waals surface area contributed by atoms with E-state index in [1.807, 2.05) is 23.1 Å². The van der Waals surface area contributed by atoms with Crippen molar-refractivity contribution in [3.63, 3.8) is 0 Å². The Hall–Kier alpha value is -2.67. The van der Waals surface area contributed by atoms with Gasteiger partial charge in [0.1, 0.15) is 17.3 Å². The Morgan fingerprint density at radius 2 is 1.85 bits per heavy atom. The molecule has 1 aliphatic rings. The smallest absolute Gasteiger partial charge is 0.270 e. The standard InChI is InChI=1S/C19H22ClN5O2/c1-13-22-17(19(27)21-12-15-5-3-4-6-16(15)20)11-18(23-13)25-9-7-24(8-10-25)14(2)26/h3-6,11H,7-10,12H2,1-2H3,(H,21,27). The number of carbonyl (C=O) groups is 2. The summed E-state index contributed by atoms with van der Waals surface area (Å²) in [5, 5.41) is 3.46. The molecule has 1 aliphatic heterocycles. The van der Waals surface area contributed by atoms with E-state index in [9.17, 15) is 9.59 Å². The molecule has 0 spiro atoms. The second-order valence-corrected chi connectivity index (χ2v) is 6.83. The molecule has 2 aromatic rings. The van der Waals surface area contributed by atoms with Gasteiger partial charge in [0.25, 0.3) is 5.91 Å². The maximum absolute atomic E-state index is 12.5. The monoisotopic (exact) mass is 387 g/mol. The number of rotatable bonds is 4. The van der Waals surface area contributed by atoms with Crippen molar-refractivity contribution in [2.75, 3.05) is 31.1 Å². The van der Waals surface area contributed by atoms with E-state index in [4.69, 9.17) is 11.6 Å². The molecule has 7 nitrogen and oxygen atoms in total. The maximum atomic E-state index is 12.5. The van der Waals surface area contributed by atoms with Crippen LogP contribution in [0.15, 0.2) is 30.3 Å². The molecule has 8 heteroatoms. The van der Waals surface area contributed by atoms with Crippen LogP contribution in [0.3, 0.4) is 0 Å². The van der Waals surface area contributed by atoms with Crippen molar-refractivity contribution in [3.8, 4) is 0 Å². The lowest BCUT2D eigenvalue weighted by Gasteiger charge is -2.35. The predicted molar refractivity (Wildman–Crippen MR) is 104 cm³/mol. The topological polar surface area (TPSA) is 78.4 Å². The third-order valence-corrected chi connectivity index (χ3v) is 4.87. The minimum absolute atomic E-state index is 0.0770. The Balaban J connectivity index is 1.69. The van der Waals surface area contributed by atoms with Gasteiger partial charge in [-0.25, -0.2) is 9.97 Å². The normalized spacial score (nSPS) is 14.2. The van der Waals surface area contributed by atoms with Crippen LogP contribution in [-0.4, -0.2) is 52.9 Å². The van der Waals surface area contributed by atoms with Crippen LogP contribution in [0.4, 0.5) is 5.82 Å². The molecule has 2 heterocycles. The molecule has 1 aromatic carbocycles. The first-order chi connectivity index (χ1) is 12.9. The molecule has 0 aliphatic carbocycles. The Bertz CT molecular complexity index is 850. The quantitative estimate of drug-likeness (QED) is 0.868. The van der Waals surface area contributed by atoms with Gasteiger partial charge in [-0.15, -0.1) is 0 Å². The zero-order valence-corrected chi connectivity index (χ0v) is 16.2. The van der Waals surface area contributed by atoms with Crippen LogP contribution >= 0.6 is 11.6 Å². The number of anilines is 1. The van der Waals surface area contributed by atoms with E-state index in [1.165, 1.54) is 0 Å². The van der Waals surface area contributed by atoms with Crippen molar-refractivity contribution in [1.82, 2.24) is 20.2 Å². The summed E-state index contributed by atoms with van der Waals surface area (Å²) >= 11 is 6.13. The number of benzene rings is 1. The fraction of sp³-hybridized carbons (Fsp3) is 0.368. The number of amides is 2. The van der Waals surface area contributed by atoms with Gasteiger partial charge < -0.3 is 15.1 Å². The number of halogens is 1. The number of aryl methyl sites for hydroxylation is 1. The SMILES string of the molecule is CC(=O)N1CCN(c2cc(C(=O)NCc3ccccc3Cl)nc(C)n2)CC1. The van der Waals surface area contributed by atoms with Crippen molar-refractivity contribution in [2.45, 2.75) is 20.4 Å².